The largest absolute Gasteiger partial charge is 0.370 e. The first-order valence-corrected chi connectivity index (χ1v) is 12.4. The lowest BCUT2D eigenvalue weighted by atomic mass is 9.91. The van der Waals surface area contributed by atoms with E-state index in [0.717, 1.165) is 42.6 Å². The lowest BCUT2D eigenvalue weighted by Gasteiger charge is -2.45. The number of aldehydes is 1. The zero-order valence-electron chi connectivity index (χ0n) is 20.5. The summed E-state index contributed by atoms with van der Waals surface area (Å²) in [5, 5.41) is 14.2. The van der Waals surface area contributed by atoms with E-state index in [1.54, 1.807) is 6.21 Å². The zero-order valence-corrected chi connectivity index (χ0v) is 20.5. The van der Waals surface area contributed by atoms with Crippen LogP contribution in [0.15, 0.2) is 35.4 Å². The molecule has 7 N–H and O–H groups in total. The number of carbonyl (C=O) groups is 2. The van der Waals surface area contributed by atoms with Gasteiger partial charge >= 0.3 is 0 Å². The van der Waals surface area contributed by atoms with Crippen LogP contribution >= 0.6 is 0 Å². The molecule has 0 spiro atoms. The Hall–Kier alpha value is -3.40. The molecule has 1 aromatic rings. The molecule has 10 heteroatoms. The number of nitrogens with two attached hydrogens (primary N) is 2. The quantitative estimate of drug-likeness (QED) is 0.139. The number of nitrogens with one attached hydrogen (secondary N) is 3. The van der Waals surface area contributed by atoms with Gasteiger partial charge in [0.2, 0.25) is 5.91 Å². The van der Waals surface area contributed by atoms with Crippen molar-refractivity contribution in [1.82, 2.24) is 15.1 Å². The average Bonchev–Trinajstić information content (AvgIpc) is 3.07. The minimum absolute atomic E-state index is 0.0264. The minimum atomic E-state index is -0.600. The highest BCUT2D eigenvalue weighted by Crippen LogP contribution is 2.35. The van der Waals surface area contributed by atoms with Crippen molar-refractivity contribution in [3.63, 3.8) is 0 Å². The molecule has 1 fully saturated rings. The number of rotatable bonds is 11. The predicted molar refractivity (Wildman–Crippen MR) is 140 cm³/mol. The smallest absolute Gasteiger partial charge is 0.239 e. The van der Waals surface area contributed by atoms with Gasteiger partial charge in [0.15, 0.2) is 5.96 Å². The lowest BCUT2D eigenvalue weighted by molar-refractivity contribution is -0.136. The van der Waals surface area contributed by atoms with E-state index in [9.17, 15) is 9.59 Å². The van der Waals surface area contributed by atoms with Crippen LogP contribution in [0.2, 0.25) is 0 Å². The van der Waals surface area contributed by atoms with Gasteiger partial charge in [-0.25, -0.2) is 0 Å². The Labute approximate surface area is 207 Å². The molecule has 3 rings (SSSR count). The van der Waals surface area contributed by atoms with Crippen LogP contribution in [-0.4, -0.2) is 71.9 Å². The van der Waals surface area contributed by atoms with Gasteiger partial charge in [-0.15, -0.1) is 0 Å². The van der Waals surface area contributed by atoms with Gasteiger partial charge in [0.05, 0.1) is 11.7 Å². The molecule has 0 radical (unpaired) electrons. The van der Waals surface area contributed by atoms with Crippen LogP contribution < -0.4 is 22.2 Å². The van der Waals surface area contributed by atoms with Gasteiger partial charge in [-0.2, -0.15) is 5.10 Å². The molecule has 2 unspecified atom stereocenters. The monoisotopic (exact) mass is 482 g/mol. The summed E-state index contributed by atoms with van der Waals surface area (Å²) in [6.45, 7) is 3.93. The number of nitrogens with zero attached hydrogens (tertiary/aromatic N) is 3. The van der Waals surface area contributed by atoms with Gasteiger partial charge in [0, 0.05) is 55.6 Å². The summed E-state index contributed by atoms with van der Waals surface area (Å²) < 4.78 is 0. The number of benzene rings is 1. The second-order valence-electron chi connectivity index (χ2n) is 9.04. The topological polar surface area (TPSA) is 153 Å². The minimum Gasteiger partial charge on any atom is -0.370 e. The lowest BCUT2D eigenvalue weighted by Crippen LogP contribution is -2.54. The molecule has 1 aromatic carbocycles. The molecule has 0 bridgehead atoms. The summed E-state index contributed by atoms with van der Waals surface area (Å²) in [5.41, 5.74) is 17.7. The van der Waals surface area contributed by atoms with Crippen molar-refractivity contribution in [2.45, 2.75) is 63.6 Å². The number of fused-ring (bicyclic) bond motifs is 1. The second kappa shape index (κ2) is 12.9. The molecule has 1 amide bonds. The number of allylic oxidation sites excluding steroid dienone is 1. The van der Waals surface area contributed by atoms with Gasteiger partial charge in [0.25, 0.3) is 0 Å². The number of amides is 1. The Morgan fingerprint density at radius 2 is 2.23 bits per heavy atom. The summed E-state index contributed by atoms with van der Waals surface area (Å²) >= 11 is 0. The maximum atomic E-state index is 13.3. The Kier molecular flexibility index (Phi) is 9.66. The number of piperidine rings is 1. The molecule has 0 aromatic heterocycles. The summed E-state index contributed by atoms with van der Waals surface area (Å²) in [5.74, 6) is -0.132. The van der Waals surface area contributed by atoms with Gasteiger partial charge < -0.3 is 31.4 Å². The third-order valence-corrected chi connectivity index (χ3v) is 6.57. The third-order valence-electron chi connectivity index (χ3n) is 6.57. The molecule has 0 aliphatic carbocycles. The summed E-state index contributed by atoms with van der Waals surface area (Å²) in [6, 6.07) is 7.40. The number of hydrogen-bond acceptors (Lipinski definition) is 7. The highest BCUT2D eigenvalue weighted by atomic mass is 16.2. The fourth-order valence-electron chi connectivity index (χ4n) is 4.92. The second-order valence-corrected chi connectivity index (χ2v) is 9.04. The third kappa shape index (κ3) is 6.82. The SMILES string of the molecule is CCCN(C(=O)[C@@H](N)CCCNC(=N)N)C1CCN(C2=CC=NNc3ccccc32)C(CC=O)C1. The normalized spacial score (nSPS) is 20.1. The van der Waals surface area contributed by atoms with Crippen LogP contribution in [0.5, 0.6) is 0 Å². The molecule has 2 heterocycles. The first-order valence-electron chi connectivity index (χ1n) is 12.4. The van der Waals surface area contributed by atoms with E-state index in [1.165, 1.54) is 0 Å². The number of carbonyl (C=O) groups excluding carboxylic acids is 2. The number of para-hydroxylation sites is 1. The van der Waals surface area contributed by atoms with Crippen LogP contribution in [-0.2, 0) is 9.59 Å². The Morgan fingerprint density at radius 1 is 1.43 bits per heavy atom. The molecule has 35 heavy (non-hydrogen) atoms. The maximum absolute atomic E-state index is 13.3. The van der Waals surface area contributed by atoms with Crippen LogP contribution in [0.4, 0.5) is 5.69 Å². The van der Waals surface area contributed by atoms with E-state index >= 15 is 0 Å². The van der Waals surface area contributed by atoms with E-state index in [0.29, 0.717) is 38.8 Å². The fourth-order valence-corrected chi connectivity index (χ4v) is 4.92. The Bertz CT molecular complexity index is 947. The number of hydrazone groups is 1. The summed E-state index contributed by atoms with van der Waals surface area (Å²) in [7, 11) is 0. The van der Waals surface area contributed by atoms with E-state index in [1.807, 2.05) is 29.2 Å². The van der Waals surface area contributed by atoms with E-state index in [4.69, 9.17) is 16.9 Å². The van der Waals surface area contributed by atoms with E-state index in [-0.39, 0.29) is 24.0 Å². The predicted octanol–water partition coefficient (Wildman–Crippen LogP) is 1.69. The molecule has 1 saturated heterocycles. The Morgan fingerprint density at radius 3 is 2.97 bits per heavy atom. The van der Waals surface area contributed by atoms with E-state index in [2.05, 4.69) is 33.7 Å². The van der Waals surface area contributed by atoms with Crippen LogP contribution in [0.1, 0.15) is 51.0 Å². The number of guanidine groups is 1. The maximum Gasteiger partial charge on any atom is 0.239 e. The molecule has 3 atom stereocenters. The fraction of sp³-hybridized carbons (Fsp3) is 0.520. The van der Waals surface area contributed by atoms with Crippen LogP contribution in [0.3, 0.4) is 0 Å². The van der Waals surface area contributed by atoms with Crippen molar-refractivity contribution in [2.24, 2.45) is 16.6 Å². The van der Waals surface area contributed by atoms with Crippen LogP contribution in [0.25, 0.3) is 5.70 Å². The first kappa shape index (κ1) is 26.2. The number of likely N-dealkylation sites (tertiary alicyclic amines) is 1. The van der Waals surface area contributed by atoms with Crippen molar-refractivity contribution in [3.05, 3.63) is 35.9 Å². The molecular weight excluding hydrogens is 444 g/mol. The van der Waals surface area contributed by atoms with Gasteiger partial charge in [-0.3, -0.25) is 15.6 Å². The molecule has 10 nitrogen and oxygen atoms in total. The van der Waals surface area contributed by atoms with Gasteiger partial charge in [-0.05, 0) is 44.2 Å². The van der Waals surface area contributed by atoms with Crippen molar-refractivity contribution in [3.8, 4) is 0 Å². The first-order chi connectivity index (χ1) is 17.0. The van der Waals surface area contributed by atoms with Crippen molar-refractivity contribution >= 4 is 35.8 Å². The van der Waals surface area contributed by atoms with Gasteiger partial charge in [-0.1, -0.05) is 25.1 Å². The van der Waals surface area contributed by atoms with Crippen molar-refractivity contribution in [2.75, 3.05) is 25.1 Å². The zero-order chi connectivity index (χ0) is 25.2. The number of anilines is 1. The number of hydrogen-bond donors (Lipinski definition) is 5. The average molecular weight is 483 g/mol. The standard InChI is InChI=1S/C25H38N8O2/c1-2-14-33(24(35)21(26)7-5-12-29-25(27)28)18-10-15-32(19(17-18)11-16-34)23-9-13-30-31-22-8-4-3-6-20(22)23/h3-4,6,8-9,13,16,18-19,21,31H,2,5,7,10-12,14-15,17,26H2,1H3,(H4,27,28,29)/t18?,19?,21-/m0/s1. The molecule has 0 saturated carbocycles. The highest BCUT2D eigenvalue weighted by Gasteiger charge is 2.36. The van der Waals surface area contributed by atoms with Gasteiger partial charge in [0.1, 0.15) is 6.29 Å². The van der Waals surface area contributed by atoms with Crippen LogP contribution in [0, 0.1) is 5.41 Å². The molecular formula is C25H38N8O2. The molecule has 190 valence electrons. The molecule has 2 aliphatic rings. The Balaban J connectivity index is 1.73. The van der Waals surface area contributed by atoms with E-state index < -0.39 is 6.04 Å². The van der Waals surface area contributed by atoms with Crippen molar-refractivity contribution in [1.29, 1.82) is 5.41 Å². The summed E-state index contributed by atoms with van der Waals surface area (Å²) in [6.07, 6.45) is 8.59. The highest BCUT2D eigenvalue weighted by molar-refractivity contribution is 5.90. The van der Waals surface area contributed by atoms with Crippen molar-refractivity contribution < 1.29 is 9.59 Å². The summed E-state index contributed by atoms with van der Waals surface area (Å²) in [4.78, 5) is 29.2. The molecule has 2 aliphatic heterocycles.